The molecule has 0 aliphatic carbocycles. The quantitative estimate of drug-likeness (QED) is 0.778. The number of nitrogens with zero attached hydrogens (tertiary/aromatic N) is 1. The summed E-state index contributed by atoms with van der Waals surface area (Å²) in [7, 11) is 0. The number of hydrogen-bond acceptors (Lipinski definition) is 3. The zero-order chi connectivity index (χ0) is 13.1. The van der Waals surface area contributed by atoms with Crippen LogP contribution in [0.2, 0.25) is 0 Å². The molecule has 1 saturated heterocycles. The molecule has 0 aromatic heterocycles. The van der Waals surface area contributed by atoms with Crippen LogP contribution in [-0.2, 0) is 4.79 Å². The molecule has 17 heavy (non-hydrogen) atoms. The summed E-state index contributed by atoms with van der Waals surface area (Å²) in [5.41, 5.74) is 5.83. The van der Waals surface area contributed by atoms with Crippen LogP contribution in [-0.4, -0.2) is 41.5 Å². The molecule has 0 aromatic rings. The molecule has 1 fully saturated rings. The third-order valence-corrected chi connectivity index (χ3v) is 3.13. The molecule has 1 heterocycles. The zero-order valence-electron chi connectivity index (χ0n) is 11.6. The Bertz CT molecular complexity index is 258. The average Bonchev–Trinajstić information content (AvgIpc) is 2.14. The van der Waals surface area contributed by atoms with E-state index in [2.05, 4.69) is 10.2 Å². The number of likely N-dealkylation sites (tertiary alicyclic amines) is 1. The second-order valence-electron chi connectivity index (χ2n) is 6.19. The van der Waals surface area contributed by atoms with Crippen molar-refractivity contribution < 1.29 is 4.79 Å². The lowest BCUT2D eigenvalue weighted by molar-refractivity contribution is -0.124. The second kappa shape index (κ2) is 5.83. The second-order valence-corrected chi connectivity index (χ2v) is 6.19. The number of hydrogen-bond donors (Lipinski definition) is 2. The van der Waals surface area contributed by atoms with Gasteiger partial charge in [-0.05, 0) is 47.1 Å². The van der Waals surface area contributed by atoms with Crippen LogP contribution in [0, 0.1) is 0 Å². The van der Waals surface area contributed by atoms with Crippen molar-refractivity contribution in [2.45, 2.75) is 64.6 Å². The Morgan fingerprint density at radius 1 is 1.47 bits per heavy atom. The third kappa shape index (κ3) is 5.04. The molecule has 2 unspecified atom stereocenters. The number of carbonyl (C=O) groups is 1. The lowest BCUT2D eigenvalue weighted by Crippen LogP contribution is -2.54. The third-order valence-electron chi connectivity index (χ3n) is 3.13. The van der Waals surface area contributed by atoms with Gasteiger partial charge in [-0.1, -0.05) is 6.42 Å². The van der Waals surface area contributed by atoms with E-state index in [1.807, 2.05) is 27.7 Å². The minimum absolute atomic E-state index is 0.102. The van der Waals surface area contributed by atoms with Gasteiger partial charge < -0.3 is 11.1 Å². The van der Waals surface area contributed by atoms with Gasteiger partial charge in [0.05, 0.1) is 6.54 Å². The van der Waals surface area contributed by atoms with Crippen LogP contribution in [0.25, 0.3) is 0 Å². The maximum atomic E-state index is 11.9. The van der Waals surface area contributed by atoms with Crippen molar-refractivity contribution in [2.24, 2.45) is 5.73 Å². The summed E-state index contributed by atoms with van der Waals surface area (Å²) in [6.45, 7) is 9.51. The van der Waals surface area contributed by atoms with E-state index in [0.29, 0.717) is 12.6 Å². The van der Waals surface area contributed by atoms with Crippen molar-refractivity contribution in [1.82, 2.24) is 10.2 Å². The Morgan fingerprint density at radius 3 is 2.65 bits per heavy atom. The van der Waals surface area contributed by atoms with Gasteiger partial charge in [0.15, 0.2) is 0 Å². The summed E-state index contributed by atoms with van der Waals surface area (Å²) in [6, 6.07) is 0.493. The largest absolute Gasteiger partial charge is 0.350 e. The van der Waals surface area contributed by atoms with Crippen molar-refractivity contribution in [3.8, 4) is 0 Å². The molecule has 4 nitrogen and oxygen atoms in total. The lowest BCUT2D eigenvalue weighted by Gasteiger charge is -2.38. The first-order valence-electron chi connectivity index (χ1n) is 6.60. The predicted octanol–water partition coefficient (Wildman–Crippen LogP) is 1.10. The van der Waals surface area contributed by atoms with Gasteiger partial charge in [-0.3, -0.25) is 9.69 Å². The van der Waals surface area contributed by atoms with E-state index < -0.39 is 0 Å². The SMILES string of the molecule is CC(N)C1CCCCN1CC(=O)NC(C)(C)C. The van der Waals surface area contributed by atoms with Crippen molar-refractivity contribution in [3.05, 3.63) is 0 Å². The summed E-state index contributed by atoms with van der Waals surface area (Å²) in [5.74, 6) is 0.102. The highest BCUT2D eigenvalue weighted by molar-refractivity contribution is 5.78. The van der Waals surface area contributed by atoms with Gasteiger partial charge in [0, 0.05) is 17.6 Å². The number of rotatable bonds is 3. The molecule has 0 aromatic carbocycles. The lowest BCUT2D eigenvalue weighted by atomic mass is 9.97. The summed E-state index contributed by atoms with van der Waals surface area (Å²) in [6.07, 6.45) is 3.51. The molecule has 0 radical (unpaired) electrons. The summed E-state index contributed by atoms with van der Waals surface area (Å²) < 4.78 is 0. The molecule has 1 rings (SSSR count). The van der Waals surface area contributed by atoms with Crippen molar-refractivity contribution in [2.75, 3.05) is 13.1 Å². The van der Waals surface area contributed by atoms with Gasteiger partial charge in [-0.25, -0.2) is 0 Å². The monoisotopic (exact) mass is 241 g/mol. The van der Waals surface area contributed by atoms with Gasteiger partial charge in [-0.2, -0.15) is 0 Å². The fraction of sp³-hybridized carbons (Fsp3) is 0.923. The topological polar surface area (TPSA) is 58.4 Å². The van der Waals surface area contributed by atoms with Gasteiger partial charge >= 0.3 is 0 Å². The van der Waals surface area contributed by atoms with E-state index in [0.717, 1.165) is 13.0 Å². The fourth-order valence-electron chi connectivity index (χ4n) is 2.45. The van der Waals surface area contributed by atoms with Crippen LogP contribution in [0.1, 0.15) is 47.0 Å². The molecule has 0 saturated carbocycles. The molecule has 0 bridgehead atoms. The molecular weight excluding hydrogens is 214 g/mol. The number of nitrogens with two attached hydrogens (primary N) is 1. The normalized spacial score (nSPS) is 24.4. The molecule has 1 amide bonds. The molecule has 1 aliphatic heterocycles. The van der Waals surface area contributed by atoms with Crippen LogP contribution in [0.4, 0.5) is 0 Å². The van der Waals surface area contributed by atoms with E-state index in [1.165, 1.54) is 12.8 Å². The van der Waals surface area contributed by atoms with Gasteiger partial charge in [0.2, 0.25) is 5.91 Å². The Labute approximate surface area is 105 Å². The van der Waals surface area contributed by atoms with E-state index in [4.69, 9.17) is 5.73 Å². The Hall–Kier alpha value is -0.610. The highest BCUT2D eigenvalue weighted by atomic mass is 16.2. The number of nitrogens with one attached hydrogen (secondary N) is 1. The zero-order valence-corrected chi connectivity index (χ0v) is 11.6. The molecule has 0 spiro atoms. The highest BCUT2D eigenvalue weighted by Gasteiger charge is 2.27. The van der Waals surface area contributed by atoms with Crippen LogP contribution in [0.5, 0.6) is 0 Å². The first-order chi connectivity index (χ1) is 7.79. The van der Waals surface area contributed by atoms with Crippen molar-refractivity contribution in [3.63, 3.8) is 0 Å². The molecule has 100 valence electrons. The Balaban J connectivity index is 2.50. The number of piperidine rings is 1. The first-order valence-corrected chi connectivity index (χ1v) is 6.60. The molecule has 3 N–H and O–H groups in total. The minimum atomic E-state index is -0.156. The predicted molar refractivity (Wildman–Crippen MR) is 70.8 cm³/mol. The minimum Gasteiger partial charge on any atom is -0.350 e. The van der Waals surface area contributed by atoms with Gasteiger partial charge in [0.25, 0.3) is 0 Å². The summed E-state index contributed by atoms with van der Waals surface area (Å²) >= 11 is 0. The van der Waals surface area contributed by atoms with Crippen LogP contribution in [0.15, 0.2) is 0 Å². The Morgan fingerprint density at radius 2 is 2.12 bits per heavy atom. The van der Waals surface area contributed by atoms with Gasteiger partial charge in [0.1, 0.15) is 0 Å². The Kier molecular flexibility index (Phi) is 4.95. The van der Waals surface area contributed by atoms with E-state index >= 15 is 0 Å². The smallest absolute Gasteiger partial charge is 0.234 e. The molecule has 1 aliphatic rings. The maximum absolute atomic E-state index is 11.9. The number of carbonyl (C=O) groups excluding carboxylic acids is 1. The standard InChI is InChI=1S/C13H27N3O/c1-10(14)11-7-5-6-8-16(11)9-12(17)15-13(2,3)4/h10-11H,5-9,14H2,1-4H3,(H,15,17). The summed E-state index contributed by atoms with van der Waals surface area (Å²) in [5, 5.41) is 3.00. The fourth-order valence-corrected chi connectivity index (χ4v) is 2.45. The van der Waals surface area contributed by atoms with Gasteiger partial charge in [-0.15, -0.1) is 0 Å². The molecular formula is C13H27N3O. The van der Waals surface area contributed by atoms with Crippen LogP contribution < -0.4 is 11.1 Å². The average molecular weight is 241 g/mol. The first kappa shape index (κ1) is 14.5. The van der Waals surface area contributed by atoms with Crippen LogP contribution in [0.3, 0.4) is 0 Å². The molecule has 4 heteroatoms. The van der Waals surface area contributed by atoms with E-state index in [1.54, 1.807) is 0 Å². The van der Waals surface area contributed by atoms with E-state index in [-0.39, 0.29) is 17.5 Å². The van der Waals surface area contributed by atoms with Crippen molar-refractivity contribution in [1.29, 1.82) is 0 Å². The number of amides is 1. The van der Waals surface area contributed by atoms with Crippen molar-refractivity contribution >= 4 is 5.91 Å². The van der Waals surface area contributed by atoms with E-state index in [9.17, 15) is 4.79 Å². The molecule has 2 atom stereocenters. The maximum Gasteiger partial charge on any atom is 0.234 e. The van der Waals surface area contributed by atoms with Crippen LogP contribution >= 0.6 is 0 Å². The highest BCUT2D eigenvalue weighted by Crippen LogP contribution is 2.18. The summed E-state index contributed by atoms with van der Waals surface area (Å²) in [4.78, 5) is 14.1.